The Morgan fingerprint density at radius 3 is 3.11 bits per heavy atom. The zero-order valence-corrected chi connectivity index (χ0v) is 12.1. The van der Waals surface area contributed by atoms with Crippen LogP contribution in [0.3, 0.4) is 0 Å². The zero-order valence-electron chi connectivity index (χ0n) is 11.3. The monoisotopic (exact) mass is 268 g/mol. The van der Waals surface area contributed by atoms with Gasteiger partial charge in [0.15, 0.2) is 5.17 Å². The average Bonchev–Trinajstić information content (AvgIpc) is 2.73. The van der Waals surface area contributed by atoms with E-state index >= 15 is 0 Å². The van der Waals surface area contributed by atoms with Gasteiger partial charge in [-0.2, -0.15) is 0 Å². The summed E-state index contributed by atoms with van der Waals surface area (Å²) in [7, 11) is 0. The molecule has 1 saturated carbocycles. The fourth-order valence-corrected chi connectivity index (χ4v) is 4.73. The Kier molecular flexibility index (Phi) is 3.85. The van der Waals surface area contributed by atoms with E-state index in [2.05, 4.69) is 12.2 Å². The Morgan fingerprint density at radius 2 is 2.33 bits per heavy atom. The van der Waals surface area contributed by atoms with E-state index < -0.39 is 0 Å². The van der Waals surface area contributed by atoms with Crippen molar-refractivity contribution in [1.82, 2.24) is 5.32 Å². The number of ether oxygens (including phenoxy) is 1. The second-order valence-electron chi connectivity index (χ2n) is 6.20. The van der Waals surface area contributed by atoms with Crippen LogP contribution >= 0.6 is 11.8 Å². The molecule has 0 radical (unpaired) electrons. The standard InChI is InChI=1S/C14H24N2OS/c1-11-4-2-6-14(8-11)10-18-13(16-14)15-12-5-3-7-17-9-12/h11-12H,2-10H2,1H3,(H,15,16). The van der Waals surface area contributed by atoms with Gasteiger partial charge >= 0.3 is 0 Å². The summed E-state index contributed by atoms with van der Waals surface area (Å²) in [6.07, 6.45) is 7.76. The van der Waals surface area contributed by atoms with Gasteiger partial charge in [0.2, 0.25) is 0 Å². The zero-order chi connectivity index (χ0) is 12.4. The molecule has 0 bridgehead atoms. The Balaban J connectivity index is 1.61. The van der Waals surface area contributed by atoms with Gasteiger partial charge in [0, 0.05) is 17.9 Å². The van der Waals surface area contributed by atoms with Crippen LogP contribution in [-0.2, 0) is 4.74 Å². The molecule has 0 aromatic carbocycles. The predicted molar refractivity (Wildman–Crippen MR) is 77.2 cm³/mol. The maximum atomic E-state index is 5.50. The highest BCUT2D eigenvalue weighted by Gasteiger charge is 2.40. The third-order valence-electron chi connectivity index (χ3n) is 4.38. The Hall–Kier alpha value is -0.220. The number of nitrogens with zero attached hydrogens (tertiary/aromatic N) is 1. The molecule has 3 fully saturated rings. The fourth-order valence-electron chi connectivity index (χ4n) is 3.47. The summed E-state index contributed by atoms with van der Waals surface area (Å²) in [6, 6.07) is 0.393. The number of aliphatic imine (C=N–C) groups is 1. The summed E-state index contributed by atoms with van der Waals surface area (Å²) in [5.41, 5.74) is 0.358. The lowest BCUT2D eigenvalue weighted by atomic mass is 9.78. The molecule has 3 unspecified atom stereocenters. The van der Waals surface area contributed by atoms with Crippen molar-refractivity contribution in [2.24, 2.45) is 10.9 Å². The highest BCUT2D eigenvalue weighted by Crippen LogP contribution is 2.38. The molecule has 4 heteroatoms. The van der Waals surface area contributed by atoms with E-state index in [0.717, 1.165) is 25.6 Å². The van der Waals surface area contributed by atoms with Crippen molar-refractivity contribution >= 4 is 16.9 Å². The lowest BCUT2D eigenvalue weighted by molar-refractivity contribution is 0.0828. The third kappa shape index (κ3) is 2.85. The summed E-state index contributed by atoms with van der Waals surface area (Å²) in [4.78, 5) is 4.85. The van der Waals surface area contributed by atoms with Gasteiger partial charge in [-0.3, -0.25) is 4.99 Å². The summed E-state index contributed by atoms with van der Waals surface area (Å²) >= 11 is 1.93. The fraction of sp³-hybridized carbons (Fsp3) is 0.929. The van der Waals surface area contributed by atoms with Crippen LogP contribution in [0.4, 0.5) is 0 Å². The molecule has 3 nitrogen and oxygen atoms in total. The highest BCUT2D eigenvalue weighted by molar-refractivity contribution is 8.14. The molecule has 1 spiro atoms. The van der Waals surface area contributed by atoms with Gasteiger partial charge in [0.25, 0.3) is 0 Å². The first-order valence-electron chi connectivity index (χ1n) is 7.32. The van der Waals surface area contributed by atoms with E-state index in [0.29, 0.717) is 11.6 Å². The van der Waals surface area contributed by atoms with Crippen molar-refractivity contribution in [2.75, 3.05) is 19.0 Å². The van der Waals surface area contributed by atoms with Crippen LogP contribution in [0.2, 0.25) is 0 Å². The van der Waals surface area contributed by atoms with Crippen LogP contribution in [0.1, 0.15) is 45.4 Å². The predicted octanol–water partition coefficient (Wildman–Crippen LogP) is 2.81. The van der Waals surface area contributed by atoms with Gasteiger partial charge in [-0.05, 0) is 31.6 Å². The number of nitrogens with one attached hydrogen (secondary N) is 1. The highest BCUT2D eigenvalue weighted by atomic mass is 32.2. The minimum Gasteiger partial charge on any atom is -0.379 e. The van der Waals surface area contributed by atoms with Gasteiger partial charge in [0.1, 0.15) is 0 Å². The maximum Gasteiger partial charge on any atom is 0.157 e. The van der Waals surface area contributed by atoms with Crippen LogP contribution in [0.15, 0.2) is 4.99 Å². The van der Waals surface area contributed by atoms with Gasteiger partial charge in [-0.15, -0.1) is 0 Å². The lowest BCUT2D eigenvalue weighted by Gasteiger charge is -2.36. The van der Waals surface area contributed by atoms with E-state index in [1.54, 1.807) is 0 Å². The Morgan fingerprint density at radius 1 is 1.39 bits per heavy atom. The molecule has 2 aliphatic heterocycles. The van der Waals surface area contributed by atoms with Gasteiger partial charge in [0.05, 0.1) is 12.6 Å². The second-order valence-corrected chi connectivity index (χ2v) is 7.16. The second kappa shape index (κ2) is 5.41. The van der Waals surface area contributed by atoms with Crippen molar-refractivity contribution in [3.05, 3.63) is 0 Å². The number of thioether (sulfide) groups is 1. The maximum absolute atomic E-state index is 5.50. The molecule has 0 aromatic rings. The minimum atomic E-state index is 0.358. The molecule has 3 aliphatic rings. The van der Waals surface area contributed by atoms with Crippen LogP contribution in [0.25, 0.3) is 0 Å². The van der Waals surface area contributed by atoms with E-state index in [1.807, 2.05) is 11.8 Å². The number of amidine groups is 1. The average molecular weight is 268 g/mol. The van der Waals surface area contributed by atoms with Crippen LogP contribution in [-0.4, -0.2) is 35.7 Å². The van der Waals surface area contributed by atoms with Gasteiger partial charge in [-0.1, -0.05) is 31.5 Å². The summed E-state index contributed by atoms with van der Waals surface area (Å²) in [6.45, 7) is 4.12. The van der Waals surface area contributed by atoms with Crippen LogP contribution < -0.4 is 5.32 Å². The van der Waals surface area contributed by atoms with Crippen molar-refractivity contribution in [2.45, 2.75) is 57.0 Å². The number of rotatable bonds is 1. The summed E-state index contributed by atoms with van der Waals surface area (Å²) in [5, 5.41) is 4.92. The van der Waals surface area contributed by atoms with E-state index in [-0.39, 0.29) is 0 Å². The van der Waals surface area contributed by atoms with Crippen molar-refractivity contribution in [3.63, 3.8) is 0 Å². The van der Waals surface area contributed by atoms with Crippen LogP contribution in [0, 0.1) is 5.92 Å². The van der Waals surface area contributed by atoms with E-state index in [1.165, 1.54) is 43.0 Å². The quantitative estimate of drug-likeness (QED) is 0.794. The molecule has 3 rings (SSSR count). The number of hydrogen-bond donors (Lipinski definition) is 1. The first-order valence-corrected chi connectivity index (χ1v) is 8.31. The molecule has 1 aliphatic carbocycles. The molecule has 18 heavy (non-hydrogen) atoms. The first kappa shape index (κ1) is 12.8. The van der Waals surface area contributed by atoms with Gasteiger partial charge < -0.3 is 10.1 Å². The topological polar surface area (TPSA) is 33.6 Å². The molecule has 0 aromatic heterocycles. The third-order valence-corrected chi connectivity index (χ3v) is 5.56. The lowest BCUT2D eigenvalue weighted by Crippen LogP contribution is -2.47. The molecule has 2 heterocycles. The molecular weight excluding hydrogens is 244 g/mol. The van der Waals surface area contributed by atoms with Crippen molar-refractivity contribution < 1.29 is 4.74 Å². The molecule has 102 valence electrons. The Labute approximate surface area is 114 Å². The first-order chi connectivity index (χ1) is 8.76. The minimum absolute atomic E-state index is 0.358. The molecule has 2 saturated heterocycles. The molecular formula is C14H24N2OS. The summed E-state index contributed by atoms with van der Waals surface area (Å²) < 4.78 is 5.50. The van der Waals surface area contributed by atoms with Crippen LogP contribution in [0.5, 0.6) is 0 Å². The van der Waals surface area contributed by atoms with Gasteiger partial charge in [-0.25, -0.2) is 0 Å². The molecule has 1 N–H and O–H groups in total. The largest absolute Gasteiger partial charge is 0.379 e. The number of hydrogen-bond acceptors (Lipinski definition) is 3. The smallest absolute Gasteiger partial charge is 0.157 e. The van der Waals surface area contributed by atoms with E-state index in [9.17, 15) is 0 Å². The normalized spacial score (nSPS) is 43.3. The van der Waals surface area contributed by atoms with Crippen molar-refractivity contribution in [3.8, 4) is 0 Å². The molecule has 0 amide bonds. The van der Waals surface area contributed by atoms with E-state index in [4.69, 9.17) is 9.73 Å². The Bertz CT molecular complexity index is 328. The molecule has 3 atom stereocenters. The SMILES string of the molecule is CC1CCCC2(CSC(=NC3CCCOC3)N2)C1. The van der Waals surface area contributed by atoms with Crippen molar-refractivity contribution in [1.29, 1.82) is 0 Å². The summed E-state index contributed by atoms with van der Waals surface area (Å²) in [5.74, 6) is 2.08.